The smallest absolute Gasteiger partial charge is 0.390 e. The SMILES string of the molecule is Cc1ncsc1-c1ccc(CNC(=O)[C@@H]2C[C@@H](O)CN2C(=O)[C@@H](NC(=O)COCCOCCN2CCN(Cc3ccc(-c4cn([C@H]5CC[C@H](O)CC5)c5nc(NCCC(F)(F)F)ncc45)cc3)CC2)C(C)(C)C)cc1. The molecule has 3 aliphatic rings. The Labute approximate surface area is 440 Å². The maximum absolute atomic E-state index is 14.0. The zero-order chi connectivity index (χ0) is 53.3. The number of benzene rings is 2. The Morgan fingerprint density at radius 2 is 1.53 bits per heavy atom. The number of hydrogen-bond donors (Lipinski definition) is 5. The second-order valence-corrected chi connectivity index (χ2v) is 21.9. The van der Waals surface area contributed by atoms with Gasteiger partial charge in [0.15, 0.2) is 0 Å². The van der Waals surface area contributed by atoms with E-state index >= 15 is 0 Å². The highest BCUT2D eigenvalue weighted by Gasteiger charge is 2.44. The van der Waals surface area contributed by atoms with Crippen LogP contribution in [0.1, 0.15) is 82.2 Å². The van der Waals surface area contributed by atoms with Crippen molar-refractivity contribution in [3.63, 3.8) is 0 Å². The first-order valence-electron chi connectivity index (χ1n) is 26.0. The number of nitrogens with zero attached hydrogens (tertiary/aromatic N) is 7. The summed E-state index contributed by atoms with van der Waals surface area (Å²) < 4.78 is 52.1. The molecule has 5 N–H and O–H groups in total. The molecule has 3 atom stereocenters. The van der Waals surface area contributed by atoms with E-state index in [2.05, 4.69) is 75.7 Å². The minimum atomic E-state index is -4.28. The molecule has 8 rings (SSSR count). The van der Waals surface area contributed by atoms with Crippen molar-refractivity contribution in [2.45, 2.75) is 116 Å². The van der Waals surface area contributed by atoms with Crippen molar-refractivity contribution in [3.8, 4) is 21.6 Å². The summed E-state index contributed by atoms with van der Waals surface area (Å²) in [6, 6.07) is 14.6. The fourth-order valence-electron chi connectivity index (χ4n) is 10.1. The molecule has 2 aliphatic heterocycles. The third-order valence-corrected chi connectivity index (χ3v) is 15.3. The number of piperazine rings is 1. The summed E-state index contributed by atoms with van der Waals surface area (Å²) in [6.45, 7) is 13.2. The van der Waals surface area contributed by atoms with E-state index in [9.17, 15) is 37.8 Å². The van der Waals surface area contributed by atoms with E-state index in [4.69, 9.17) is 9.47 Å². The van der Waals surface area contributed by atoms with Crippen LogP contribution in [-0.4, -0.2) is 165 Å². The Balaban J connectivity index is 0.730. The summed E-state index contributed by atoms with van der Waals surface area (Å²) >= 11 is 1.57. The number of fused-ring (bicyclic) bond motifs is 1. The van der Waals surface area contributed by atoms with Crippen LogP contribution in [0.4, 0.5) is 19.1 Å². The molecule has 21 heteroatoms. The first-order valence-corrected chi connectivity index (χ1v) is 26.9. The van der Waals surface area contributed by atoms with Crippen molar-refractivity contribution in [2.24, 2.45) is 5.41 Å². The number of anilines is 1. The number of β-amino-alcohol motifs (C(OH)–C–C–N with tert-alkyl or cyclic N) is 1. The minimum Gasteiger partial charge on any atom is -0.393 e. The Hall–Kier alpha value is -5.55. The molecule has 406 valence electrons. The van der Waals surface area contributed by atoms with E-state index in [0.717, 1.165) is 90.3 Å². The van der Waals surface area contributed by atoms with Crippen LogP contribution in [-0.2, 0) is 36.9 Å². The van der Waals surface area contributed by atoms with E-state index in [0.29, 0.717) is 31.7 Å². The Morgan fingerprint density at radius 1 is 0.853 bits per heavy atom. The number of aliphatic hydroxyl groups excluding tert-OH is 2. The summed E-state index contributed by atoms with van der Waals surface area (Å²) in [4.78, 5) is 61.2. The third-order valence-electron chi connectivity index (χ3n) is 14.3. The number of ether oxygens (including phenoxy) is 2. The predicted octanol–water partition coefficient (Wildman–Crippen LogP) is 6.33. The number of rotatable bonds is 21. The number of amides is 3. The molecule has 0 unspecified atom stereocenters. The molecule has 1 saturated carbocycles. The lowest BCUT2D eigenvalue weighted by Crippen LogP contribution is -2.58. The number of likely N-dealkylation sites (tertiary alicyclic amines) is 1. The van der Waals surface area contributed by atoms with Gasteiger partial charge in [-0.05, 0) is 60.3 Å². The molecular formula is C54H71F3N10O7S. The number of alkyl halides is 3. The monoisotopic (exact) mass is 1060 g/mol. The topological polar surface area (TPSA) is 200 Å². The molecule has 17 nitrogen and oxygen atoms in total. The van der Waals surface area contributed by atoms with Crippen LogP contribution in [0.2, 0.25) is 0 Å². The Morgan fingerprint density at radius 3 is 2.21 bits per heavy atom. The number of carbonyl (C=O) groups excluding carboxylic acids is 3. The van der Waals surface area contributed by atoms with Crippen molar-refractivity contribution >= 4 is 46.0 Å². The van der Waals surface area contributed by atoms with Gasteiger partial charge in [0, 0.05) is 94.7 Å². The molecule has 1 aliphatic carbocycles. The van der Waals surface area contributed by atoms with Gasteiger partial charge in [0.1, 0.15) is 24.3 Å². The number of aliphatic hydroxyl groups is 2. The van der Waals surface area contributed by atoms with Gasteiger partial charge in [-0.25, -0.2) is 9.97 Å². The van der Waals surface area contributed by atoms with Gasteiger partial charge in [-0.3, -0.25) is 24.2 Å². The fraction of sp³-hybridized carbons (Fsp3) is 0.556. The molecular weight excluding hydrogens is 990 g/mol. The second-order valence-electron chi connectivity index (χ2n) is 21.1. The maximum Gasteiger partial charge on any atom is 0.390 e. The highest BCUT2D eigenvalue weighted by molar-refractivity contribution is 7.13. The molecule has 75 heavy (non-hydrogen) atoms. The summed E-state index contributed by atoms with van der Waals surface area (Å²) in [5.74, 6) is -1.13. The van der Waals surface area contributed by atoms with Gasteiger partial charge in [0.2, 0.25) is 23.7 Å². The van der Waals surface area contributed by atoms with E-state index in [1.165, 1.54) is 10.5 Å². The highest BCUT2D eigenvalue weighted by atomic mass is 32.1. The molecule has 2 saturated heterocycles. The lowest BCUT2D eigenvalue weighted by molar-refractivity contribution is -0.144. The standard InChI is InChI=1S/C54H71F3N10O7S/c1-35-47(75-34-61-35)39-11-5-36(6-12-39)28-59-50(71)45-27-42(69)31-67(45)51(72)48(53(2,3)4)62-46(70)33-74-26-25-73-24-23-64-19-21-65(22-20-64)30-37-7-9-38(10-8-37)44-32-66(40-13-15-41(68)16-14-40)49-43(44)29-60-52(63-49)58-18-17-54(55,56)57/h5-12,29,32,34,40-42,45,48,68-69H,13-28,30-31,33H2,1-4H3,(H,59,71)(H,62,70)(H,58,60,63)/t40-,41-,42-,45+,48-/m1/s1. The Kier molecular flexibility index (Phi) is 18.6. The third kappa shape index (κ3) is 15.1. The van der Waals surface area contributed by atoms with Crippen molar-refractivity contribution in [3.05, 3.63) is 83.3 Å². The van der Waals surface area contributed by atoms with Crippen LogP contribution in [0.15, 0.2) is 66.4 Å². The lowest BCUT2D eigenvalue weighted by atomic mass is 9.85. The first kappa shape index (κ1) is 55.7. The van der Waals surface area contributed by atoms with Gasteiger partial charge in [-0.2, -0.15) is 18.2 Å². The molecule has 0 spiro atoms. The van der Waals surface area contributed by atoms with Crippen LogP contribution < -0.4 is 16.0 Å². The average molecular weight is 1060 g/mol. The van der Waals surface area contributed by atoms with Crippen molar-refractivity contribution in [1.29, 1.82) is 0 Å². The number of hydrogen-bond acceptors (Lipinski definition) is 14. The number of halogens is 3. The molecule has 5 heterocycles. The number of aryl methyl sites for hydroxylation is 1. The van der Waals surface area contributed by atoms with Gasteiger partial charge >= 0.3 is 6.18 Å². The molecule has 3 amide bonds. The molecule has 3 fully saturated rings. The minimum absolute atomic E-state index is 0.0186. The molecule has 0 radical (unpaired) electrons. The number of nitrogens with one attached hydrogen (secondary N) is 3. The molecule has 2 aromatic carbocycles. The van der Waals surface area contributed by atoms with Crippen molar-refractivity contribution in [1.82, 2.24) is 44.9 Å². The van der Waals surface area contributed by atoms with E-state index < -0.39 is 48.0 Å². The number of aromatic nitrogens is 4. The van der Waals surface area contributed by atoms with Gasteiger partial charge < -0.3 is 45.1 Å². The van der Waals surface area contributed by atoms with Crippen LogP contribution >= 0.6 is 11.3 Å². The molecule has 0 bridgehead atoms. The summed E-state index contributed by atoms with van der Waals surface area (Å²) in [5.41, 5.74) is 7.79. The van der Waals surface area contributed by atoms with Crippen LogP contribution in [0.5, 0.6) is 0 Å². The lowest BCUT2D eigenvalue weighted by Gasteiger charge is -2.35. The fourth-order valence-corrected chi connectivity index (χ4v) is 10.9. The van der Waals surface area contributed by atoms with Gasteiger partial charge in [-0.15, -0.1) is 11.3 Å². The largest absolute Gasteiger partial charge is 0.393 e. The van der Waals surface area contributed by atoms with Crippen molar-refractivity contribution < 1.29 is 47.2 Å². The number of carbonyl (C=O) groups is 3. The normalized spacial score (nSPS) is 20.4. The van der Waals surface area contributed by atoms with Gasteiger partial charge in [0.25, 0.3) is 0 Å². The Bertz CT molecular complexity index is 2680. The van der Waals surface area contributed by atoms with Crippen LogP contribution in [0.25, 0.3) is 32.6 Å². The molecule has 5 aromatic rings. The average Bonchev–Trinajstić information content (AvgIpc) is 4.11. The predicted molar refractivity (Wildman–Crippen MR) is 281 cm³/mol. The van der Waals surface area contributed by atoms with Gasteiger partial charge in [0.05, 0.1) is 54.5 Å². The van der Waals surface area contributed by atoms with E-state index in [-0.39, 0.29) is 63.3 Å². The zero-order valence-corrected chi connectivity index (χ0v) is 44.1. The second kappa shape index (κ2) is 25.1. The summed E-state index contributed by atoms with van der Waals surface area (Å²) in [5, 5.41) is 30.1. The maximum atomic E-state index is 14.0. The van der Waals surface area contributed by atoms with Crippen LogP contribution in [0, 0.1) is 12.3 Å². The summed E-state index contributed by atoms with van der Waals surface area (Å²) in [7, 11) is 0. The van der Waals surface area contributed by atoms with E-state index in [1.807, 2.05) is 57.5 Å². The zero-order valence-electron chi connectivity index (χ0n) is 43.3. The summed E-state index contributed by atoms with van der Waals surface area (Å²) in [6.07, 6.45) is 0.287. The van der Waals surface area contributed by atoms with Gasteiger partial charge in [-0.1, -0.05) is 69.3 Å². The number of thiazole rings is 1. The van der Waals surface area contributed by atoms with Crippen LogP contribution in [0.3, 0.4) is 0 Å². The first-order chi connectivity index (χ1) is 35.9. The quantitative estimate of drug-likeness (QED) is 0.0512. The highest BCUT2D eigenvalue weighted by Crippen LogP contribution is 2.37. The molecule has 3 aromatic heterocycles. The van der Waals surface area contributed by atoms with E-state index in [1.54, 1.807) is 17.5 Å². The van der Waals surface area contributed by atoms with Crippen molar-refractivity contribution in [2.75, 3.05) is 77.6 Å².